The average Bonchev–Trinajstić information content (AvgIpc) is 3.14. The van der Waals surface area contributed by atoms with Gasteiger partial charge in [-0.15, -0.1) is 0 Å². The molecule has 0 unspecified atom stereocenters. The Morgan fingerprint density at radius 1 is 0.707 bits per heavy atom. The molecule has 41 heavy (non-hydrogen) atoms. The maximum absolute atomic E-state index is 12.8. The lowest BCUT2D eigenvalue weighted by Gasteiger charge is -2.44. The summed E-state index contributed by atoms with van der Waals surface area (Å²) in [6.07, 6.45) is -12.8. The van der Waals surface area contributed by atoms with E-state index in [9.17, 15) is 39.9 Å². The van der Waals surface area contributed by atoms with E-state index in [0.717, 1.165) is 0 Å². The van der Waals surface area contributed by atoms with Crippen LogP contribution in [0.25, 0.3) is 0 Å². The van der Waals surface area contributed by atoms with Crippen LogP contribution in [0.15, 0.2) is 0 Å². The number of hydrogen-bond donors (Lipinski definition) is 5. The van der Waals surface area contributed by atoms with Crippen LogP contribution in [-0.2, 0) is 42.8 Å². The smallest absolute Gasteiger partial charge is 0.306 e. The molecule has 14 nitrogen and oxygen atoms in total. The molecule has 5 N–H and O–H groups in total. The van der Waals surface area contributed by atoms with Crippen LogP contribution < -0.4 is 0 Å². The van der Waals surface area contributed by atoms with Gasteiger partial charge >= 0.3 is 17.9 Å². The number of carbonyl (C=O) groups is 3. The van der Waals surface area contributed by atoms with Crippen molar-refractivity contribution in [1.82, 2.24) is 0 Å². The number of aliphatic hydroxyl groups is 5. The van der Waals surface area contributed by atoms with Gasteiger partial charge in [-0.2, -0.15) is 0 Å². The van der Waals surface area contributed by atoms with Crippen molar-refractivity contribution in [3.05, 3.63) is 0 Å². The zero-order valence-electron chi connectivity index (χ0n) is 24.5. The second-order valence-corrected chi connectivity index (χ2v) is 11.7. The Kier molecular flexibility index (Phi) is 13.4. The summed E-state index contributed by atoms with van der Waals surface area (Å²) in [5.74, 6) is -4.79. The molecule has 0 spiro atoms. The number of carbonyl (C=O) groups excluding carboxylic acids is 3. The summed E-state index contributed by atoms with van der Waals surface area (Å²) in [5, 5.41) is 52.0. The van der Waals surface area contributed by atoms with Crippen molar-refractivity contribution in [2.24, 2.45) is 17.8 Å². The zero-order valence-corrected chi connectivity index (χ0v) is 24.5. The van der Waals surface area contributed by atoms with E-state index in [4.69, 9.17) is 28.4 Å². The summed E-state index contributed by atoms with van der Waals surface area (Å²) >= 11 is 0. The molecule has 14 heteroatoms. The third kappa shape index (κ3) is 9.29. The fraction of sp³-hybridized carbons (Fsp3) is 0.889. The van der Waals surface area contributed by atoms with E-state index >= 15 is 0 Å². The maximum atomic E-state index is 12.8. The maximum Gasteiger partial charge on any atom is 0.306 e. The average molecular weight is 595 g/mol. The van der Waals surface area contributed by atoms with Gasteiger partial charge in [-0.1, -0.05) is 41.5 Å². The van der Waals surface area contributed by atoms with Crippen molar-refractivity contribution in [2.45, 2.75) is 116 Å². The van der Waals surface area contributed by atoms with E-state index in [1.54, 1.807) is 41.5 Å². The molecule has 0 aliphatic carbocycles. The molecule has 0 aromatic carbocycles. The number of ether oxygens (including phenoxy) is 6. The van der Waals surface area contributed by atoms with Crippen LogP contribution in [0.3, 0.4) is 0 Å². The molecule has 0 radical (unpaired) electrons. The van der Waals surface area contributed by atoms with Crippen molar-refractivity contribution in [3.63, 3.8) is 0 Å². The van der Waals surface area contributed by atoms with Crippen LogP contribution in [0.1, 0.15) is 60.8 Å². The topological polar surface area (TPSA) is 208 Å². The van der Waals surface area contributed by atoms with Crippen LogP contribution in [-0.4, -0.2) is 118 Å². The number of esters is 3. The molecular formula is C27H46O14. The first-order chi connectivity index (χ1) is 19.2. The third-order valence-corrected chi connectivity index (χ3v) is 6.51. The Balaban J connectivity index is 2.44. The quantitative estimate of drug-likeness (QED) is 0.126. The second kappa shape index (κ2) is 15.5. The predicted octanol–water partition coefficient (Wildman–Crippen LogP) is -0.605. The van der Waals surface area contributed by atoms with Gasteiger partial charge in [0.15, 0.2) is 24.6 Å². The van der Waals surface area contributed by atoms with E-state index in [0.29, 0.717) is 0 Å². The second-order valence-electron chi connectivity index (χ2n) is 11.7. The van der Waals surface area contributed by atoms with Gasteiger partial charge in [0.25, 0.3) is 0 Å². The lowest BCUT2D eigenvalue weighted by Crippen LogP contribution is -2.64. The molecule has 2 fully saturated rings. The van der Waals surface area contributed by atoms with Crippen molar-refractivity contribution < 1.29 is 68.3 Å². The highest BCUT2D eigenvalue weighted by Gasteiger charge is 2.63. The van der Waals surface area contributed by atoms with E-state index in [2.05, 4.69) is 0 Å². The van der Waals surface area contributed by atoms with Gasteiger partial charge in [-0.25, -0.2) is 0 Å². The van der Waals surface area contributed by atoms with Gasteiger partial charge in [0, 0.05) is 19.3 Å². The van der Waals surface area contributed by atoms with Crippen molar-refractivity contribution in [2.75, 3.05) is 19.8 Å². The Bertz CT molecular complexity index is 863. The highest BCUT2D eigenvalue weighted by Crippen LogP contribution is 2.40. The van der Waals surface area contributed by atoms with Crippen LogP contribution >= 0.6 is 0 Å². The molecule has 0 aromatic rings. The molecule has 2 rings (SSSR count). The molecule has 0 bridgehead atoms. The summed E-state index contributed by atoms with van der Waals surface area (Å²) in [5.41, 5.74) is 0. The molecular weight excluding hydrogens is 548 g/mol. The van der Waals surface area contributed by atoms with Crippen molar-refractivity contribution in [1.29, 1.82) is 0 Å². The van der Waals surface area contributed by atoms with Crippen LogP contribution in [0.5, 0.6) is 0 Å². The van der Waals surface area contributed by atoms with Crippen LogP contribution in [0, 0.1) is 17.8 Å². The Labute approximate surface area is 239 Å². The van der Waals surface area contributed by atoms with Crippen LogP contribution in [0.4, 0.5) is 0 Å². The van der Waals surface area contributed by atoms with Gasteiger partial charge in [-0.3, -0.25) is 14.4 Å². The van der Waals surface area contributed by atoms with E-state index in [1.165, 1.54) is 0 Å². The molecule has 2 aliphatic rings. The summed E-state index contributed by atoms with van der Waals surface area (Å²) in [7, 11) is 0. The summed E-state index contributed by atoms with van der Waals surface area (Å²) < 4.78 is 33.7. The summed E-state index contributed by atoms with van der Waals surface area (Å²) in [4.78, 5) is 37.7. The molecule has 0 saturated carbocycles. The third-order valence-electron chi connectivity index (χ3n) is 6.51. The fourth-order valence-corrected chi connectivity index (χ4v) is 4.61. The predicted molar refractivity (Wildman–Crippen MR) is 139 cm³/mol. The molecule has 0 amide bonds. The zero-order chi connectivity index (χ0) is 31.1. The molecule has 0 aromatic heterocycles. The van der Waals surface area contributed by atoms with E-state index in [-0.39, 0.29) is 37.0 Å². The standard InChI is InChI=1S/C27H46O14/c1-13(2)7-18(31)37-23-17(11-29)40-27(12-30,25(23)39-20(33)9-15(5)6)41-26-22(35)24(21(34)16(10-28)36-26)38-19(32)8-14(3)4/h13-17,21-26,28-30,34-35H,7-12H2,1-6H3/t16-,17-,21-,22-,23-,24+,25+,26-,27+/m1/s1. The molecule has 9 atom stereocenters. The largest absolute Gasteiger partial charge is 0.456 e. The minimum Gasteiger partial charge on any atom is -0.456 e. The Morgan fingerprint density at radius 3 is 1.61 bits per heavy atom. The highest BCUT2D eigenvalue weighted by molar-refractivity contribution is 5.71. The normalized spacial score (nSPS) is 33.8. The molecule has 238 valence electrons. The summed E-state index contributed by atoms with van der Waals surface area (Å²) in [6, 6.07) is 0. The first-order valence-corrected chi connectivity index (χ1v) is 14.0. The lowest BCUT2D eigenvalue weighted by molar-refractivity contribution is -0.384. The highest BCUT2D eigenvalue weighted by atomic mass is 16.8. The van der Waals surface area contributed by atoms with E-state index in [1.807, 2.05) is 0 Å². The molecule has 2 saturated heterocycles. The minimum atomic E-state index is -2.34. The van der Waals surface area contributed by atoms with E-state index < -0.39 is 92.5 Å². The minimum absolute atomic E-state index is 0.00175. The summed E-state index contributed by atoms with van der Waals surface area (Å²) in [6.45, 7) is 8.13. The molecule has 2 heterocycles. The first kappa shape index (κ1) is 35.3. The first-order valence-electron chi connectivity index (χ1n) is 14.0. The van der Waals surface area contributed by atoms with Gasteiger partial charge in [0.1, 0.15) is 31.0 Å². The molecule has 2 aliphatic heterocycles. The van der Waals surface area contributed by atoms with Gasteiger partial charge in [-0.05, 0) is 17.8 Å². The van der Waals surface area contributed by atoms with Crippen molar-refractivity contribution >= 4 is 17.9 Å². The fourth-order valence-electron chi connectivity index (χ4n) is 4.61. The SMILES string of the molecule is CC(C)CC(=O)O[C@@H]1[C@@H](O)[C@@H](O[C@]2(CO)O[C@H](CO)[C@@H](OC(=O)CC(C)C)[C@@H]2OC(=O)CC(C)C)O[C@H](CO)[C@H]1O. The van der Waals surface area contributed by atoms with Gasteiger partial charge in [0.05, 0.1) is 13.2 Å². The number of rotatable bonds is 14. The van der Waals surface area contributed by atoms with Crippen LogP contribution in [0.2, 0.25) is 0 Å². The lowest BCUT2D eigenvalue weighted by atomic mass is 9.98. The Hall–Kier alpha value is -1.91. The Morgan fingerprint density at radius 2 is 1.17 bits per heavy atom. The number of hydrogen-bond acceptors (Lipinski definition) is 14. The monoisotopic (exact) mass is 594 g/mol. The van der Waals surface area contributed by atoms with Gasteiger partial charge < -0.3 is 54.0 Å². The number of aliphatic hydroxyl groups excluding tert-OH is 5. The van der Waals surface area contributed by atoms with Gasteiger partial charge in [0.2, 0.25) is 5.79 Å². The van der Waals surface area contributed by atoms with Crippen molar-refractivity contribution in [3.8, 4) is 0 Å².